The van der Waals surface area contributed by atoms with Crippen molar-refractivity contribution < 1.29 is 33.8 Å². The molecule has 3 rings (SSSR count). The molecule has 0 fully saturated rings. The molecular weight excluding hydrogens is 552 g/mol. The van der Waals surface area contributed by atoms with Crippen LogP contribution in [0.25, 0.3) is 0 Å². The Bertz CT molecular complexity index is 1350. The highest BCUT2D eigenvalue weighted by atomic mass is 16.6. The van der Waals surface area contributed by atoms with E-state index >= 15 is 0 Å². The number of nitrogens with zero attached hydrogens (tertiary/aromatic N) is 2. The maximum absolute atomic E-state index is 12.7. The Hall–Kier alpha value is -5.02. The predicted molar refractivity (Wildman–Crippen MR) is 149 cm³/mol. The van der Waals surface area contributed by atoms with Crippen molar-refractivity contribution >= 4 is 29.8 Å². The second kappa shape index (κ2) is 14.6. The van der Waals surface area contributed by atoms with E-state index in [-0.39, 0.29) is 12.3 Å². The fourth-order valence-electron chi connectivity index (χ4n) is 3.62. The highest BCUT2D eigenvalue weighted by molar-refractivity contribution is 5.85. The van der Waals surface area contributed by atoms with Crippen molar-refractivity contribution in [3.8, 4) is 5.88 Å². The molecule has 1 aromatic heterocycles. The summed E-state index contributed by atoms with van der Waals surface area (Å²) in [6.45, 7) is 5.16. The number of rotatable bonds is 10. The molecule has 16 nitrogen and oxygen atoms in total. The van der Waals surface area contributed by atoms with E-state index in [4.69, 9.17) is 9.47 Å². The molecule has 0 radical (unpaired) electrons. The van der Waals surface area contributed by atoms with Gasteiger partial charge in [-0.15, -0.1) is 0 Å². The van der Waals surface area contributed by atoms with Crippen LogP contribution >= 0.6 is 0 Å². The number of ether oxygens (including phenoxy) is 2. The Morgan fingerprint density at radius 2 is 1.88 bits per heavy atom. The van der Waals surface area contributed by atoms with E-state index in [1.165, 1.54) is 0 Å². The van der Waals surface area contributed by atoms with Gasteiger partial charge in [-0.3, -0.25) is 30.0 Å². The van der Waals surface area contributed by atoms with Crippen LogP contribution in [0.15, 0.2) is 40.1 Å². The maximum Gasteiger partial charge on any atom is 0.408 e. The summed E-state index contributed by atoms with van der Waals surface area (Å²) in [7, 11) is 0. The molecule has 1 aliphatic rings. The number of aromatic hydroxyl groups is 1. The third-order valence-electron chi connectivity index (χ3n) is 5.58. The van der Waals surface area contributed by atoms with Gasteiger partial charge in [-0.25, -0.2) is 14.4 Å². The molecule has 0 saturated carbocycles. The SMILES string of the molecule is CC(C)(C)OC(=O)[C@H](CNC(=O)Cn1c(O)c(CC(=O)NNC2=NCCCN2)[nH]c1=O)NC(=O)OCc1ccccc1. The normalized spacial score (nSPS) is 13.5. The van der Waals surface area contributed by atoms with Crippen molar-refractivity contribution in [3.63, 3.8) is 0 Å². The number of alkyl carbamates (subject to hydrolysis) is 1. The van der Waals surface area contributed by atoms with Crippen LogP contribution in [-0.2, 0) is 43.4 Å². The van der Waals surface area contributed by atoms with Crippen LogP contribution in [0.5, 0.6) is 5.88 Å². The maximum atomic E-state index is 12.7. The first-order valence-electron chi connectivity index (χ1n) is 13.2. The molecule has 2 aromatic rings. The largest absolute Gasteiger partial charge is 0.493 e. The number of hydrogen-bond acceptors (Lipinski definition) is 11. The lowest BCUT2D eigenvalue weighted by Crippen LogP contribution is -2.51. The number of imidazole rings is 1. The zero-order valence-corrected chi connectivity index (χ0v) is 23.6. The highest BCUT2D eigenvalue weighted by Gasteiger charge is 2.28. The van der Waals surface area contributed by atoms with Crippen LogP contribution < -0.4 is 32.5 Å². The number of nitrogens with one attached hydrogen (secondary N) is 6. The average Bonchev–Trinajstić information content (AvgIpc) is 3.20. The number of amides is 3. The van der Waals surface area contributed by atoms with Crippen LogP contribution in [0.1, 0.15) is 38.4 Å². The smallest absolute Gasteiger partial charge is 0.408 e. The zero-order chi connectivity index (χ0) is 30.7. The third kappa shape index (κ3) is 10.2. The van der Waals surface area contributed by atoms with Crippen molar-refractivity contribution in [2.45, 2.75) is 58.4 Å². The first-order valence-corrected chi connectivity index (χ1v) is 13.2. The molecule has 16 heteroatoms. The van der Waals surface area contributed by atoms with Gasteiger partial charge in [0.15, 0.2) is 0 Å². The summed E-state index contributed by atoms with van der Waals surface area (Å²) >= 11 is 0. The number of guanidine groups is 1. The quantitative estimate of drug-likeness (QED) is 0.135. The van der Waals surface area contributed by atoms with Gasteiger partial charge in [0.05, 0.1) is 12.1 Å². The van der Waals surface area contributed by atoms with E-state index in [9.17, 15) is 29.1 Å². The molecular formula is C26H36N8O8. The topological polar surface area (TPSA) is 217 Å². The van der Waals surface area contributed by atoms with Gasteiger partial charge in [0.1, 0.15) is 24.8 Å². The summed E-state index contributed by atoms with van der Waals surface area (Å²) in [5.41, 5.74) is 3.92. The molecule has 3 amide bonds. The predicted octanol–water partition coefficient (Wildman–Crippen LogP) is -0.852. The minimum atomic E-state index is -1.32. The number of esters is 1. The van der Waals surface area contributed by atoms with Crippen LogP contribution in [0.4, 0.5) is 4.79 Å². The fraction of sp³-hybridized carbons (Fsp3) is 0.462. The first kappa shape index (κ1) is 31.5. The molecule has 2 heterocycles. The number of aromatic nitrogens is 2. The second-order valence-corrected chi connectivity index (χ2v) is 10.3. The first-order chi connectivity index (χ1) is 19.9. The molecule has 1 aromatic carbocycles. The standard InChI is InChI=1S/C26H36N8O8/c1-26(2,3)42-22(38)18(31-25(40)41-15-16-8-5-4-6-9-16)13-29-20(36)14-34-21(37)17(30-24(34)39)12-19(35)32-33-23-27-10-7-11-28-23/h4-6,8-9,18,37H,7,10-15H2,1-3H3,(H,29,36)(H,30,39)(H,31,40)(H,32,35)(H2,27,28,33)/t18-/m0/s1. The number of carbonyl (C=O) groups is 4. The number of H-pyrrole nitrogens is 1. The van der Waals surface area contributed by atoms with Gasteiger partial charge >= 0.3 is 17.8 Å². The van der Waals surface area contributed by atoms with Gasteiger partial charge in [-0.2, -0.15) is 0 Å². The van der Waals surface area contributed by atoms with Crippen LogP contribution in [0.2, 0.25) is 0 Å². The van der Waals surface area contributed by atoms with Crippen LogP contribution in [0, 0.1) is 0 Å². The lowest BCUT2D eigenvalue weighted by Gasteiger charge is -2.24. The van der Waals surface area contributed by atoms with Gasteiger partial charge in [0, 0.05) is 19.6 Å². The molecule has 0 bridgehead atoms. The van der Waals surface area contributed by atoms with Gasteiger partial charge in [0.25, 0.3) is 0 Å². The number of hydrazine groups is 1. The Balaban J connectivity index is 1.56. The van der Waals surface area contributed by atoms with E-state index < -0.39 is 66.6 Å². The lowest BCUT2D eigenvalue weighted by molar-refractivity contribution is -0.157. The molecule has 7 N–H and O–H groups in total. The Kier molecular flexibility index (Phi) is 10.9. The van der Waals surface area contributed by atoms with E-state index in [1.54, 1.807) is 45.0 Å². The average molecular weight is 589 g/mol. The van der Waals surface area contributed by atoms with Crippen LogP contribution in [-0.4, -0.2) is 75.8 Å². The summed E-state index contributed by atoms with van der Waals surface area (Å²) < 4.78 is 11.2. The number of benzene rings is 1. The number of aliphatic imine (C=N–C) groups is 1. The molecule has 228 valence electrons. The molecule has 42 heavy (non-hydrogen) atoms. The number of carbonyl (C=O) groups excluding carboxylic acids is 4. The molecule has 0 unspecified atom stereocenters. The van der Waals surface area contributed by atoms with Gasteiger partial charge in [0.2, 0.25) is 23.7 Å². The summed E-state index contributed by atoms with van der Waals surface area (Å²) in [6, 6.07) is 7.58. The molecule has 1 aliphatic heterocycles. The zero-order valence-electron chi connectivity index (χ0n) is 23.6. The summed E-state index contributed by atoms with van der Waals surface area (Å²) in [6.07, 6.45) is -0.437. The molecule has 0 saturated heterocycles. The van der Waals surface area contributed by atoms with E-state index in [0.717, 1.165) is 16.6 Å². The lowest BCUT2D eigenvalue weighted by atomic mass is 10.2. The van der Waals surface area contributed by atoms with Crippen molar-refractivity contribution in [2.24, 2.45) is 4.99 Å². The van der Waals surface area contributed by atoms with Crippen molar-refractivity contribution in [3.05, 3.63) is 52.1 Å². The van der Waals surface area contributed by atoms with Crippen molar-refractivity contribution in [1.82, 2.24) is 36.4 Å². The Morgan fingerprint density at radius 3 is 2.55 bits per heavy atom. The second-order valence-electron chi connectivity index (χ2n) is 10.3. The summed E-state index contributed by atoms with van der Waals surface area (Å²) in [5, 5.41) is 18.2. The number of hydrogen-bond donors (Lipinski definition) is 7. The van der Waals surface area contributed by atoms with E-state index in [2.05, 4.69) is 36.8 Å². The molecule has 1 atom stereocenters. The van der Waals surface area contributed by atoms with Gasteiger partial charge in [-0.05, 0) is 32.8 Å². The third-order valence-corrected chi connectivity index (χ3v) is 5.58. The fourth-order valence-corrected chi connectivity index (χ4v) is 3.62. The van der Waals surface area contributed by atoms with E-state index in [1.807, 2.05) is 6.07 Å². The molecule has 0 spiro atoms. The van der Waals surface area contributed by atoms with E-state index in [0.29, 0.717) is 19.0 Å². The Morgan fingerprint density at radius 1 is 1.14 bits per heavy atom. The summed E-state index contributed by atoms with van der Waals surface area (Å²) in [4.78, 5) is 68.8. The van der Waals surface area contributed by atoms with Crippen molar-refractivity contribution in [1.29, 1.82) is 0 Å². The van der Waals surface area contributed by atoms with Gasteiger partial charge in [-0.1, -0.05) is 30.3 Å². The van der Waals surface area contributed by atoms with Crippen LogP contribution in [0.3, 0.4) is 0 Å². The number of aromatic amines is 1. The highest BCUT2D eigenvalue weighted by Crippen LogP contribution is 2.13. The van der Waals surface area contributed by atoms with Crippen molar-refractivity contribution in [2.75, 3.05) is 19.6 Å². The minimum Gasteiger partial charge on any atom is -0.493 e. The summed E-state index contributed by atoms with van der Waals surface area (Å²) in [5.74, 6) is -2.38. The monoisotopic (exact) mass is 588 g/mol. The minimum absolute atomic E-state index is 0.0438. The molecule has 0 aliphatic carbocycles. The van der Waals surface area contributed by atoms with Gasteiger partial charge < -0.3 is 35.5 Å². The Labute approximate surface area is 241 Å².